The van der Waals surface area contributed by atoms with Crippen LogP contribution < -0.4 is 0 Å². The molecule has 2 aromatic rings. The minimum Gasteiger partial charge on any atom is -0.334 e. The SMILES string of the molecule is O=C(c1ccc(Cl)c(Cl)c1)N1CCC=C(c2ccccc2)C1. The minimum atomic E-state index is -0.0138. The third-order valence-electron chi connectivity index (χ3n) is 3.75. The number of carbonyl (C=O) groups is 1. The molecule has 0 N–H and O–H groups in total. The molecule has 1 aliphatic heterocycles. The number of benzene rings is 2. The largest absolute Gasteiger partial charge is 0.334 e. The second-order valence-corrected chi connectivity index (χ2v) is 6.05. The molecule has 2 aromatic carbocycles. The van der Waals surface area contributed by atoms with E-state index in [1.807, 2.05) is 23.1 Å². The number of amides is 1. The Morgan fingerprint density at radius 3 is 2.50 bits per heavy atom. The Morgan fingerprint density at radius 2 is 1.77 bits per heavy atom. The van der Waals surface area contributed by atoms with E-state index in [0.29, 0.717) is 22.2 Å². The average Bonchev–Trinajstić information content (AvgIpc) is 2.57. The summed E-state index contributed by atoms with van der Waals surface area (Å²) in [7, 11) is 0. The van der Waals surface area contributed by atoms with Gasteiger partial charge in [-0.3, -0.25) is 4.79 Å². The zero-order valence-corrected chi connectivity index (χ0v) is 13.4. The molecule has 0 spiro atoms. The summed E-state index contributed by atoms with van der Waals surface area (Å²) in [5.74, 6) is -0.0138. The molecule has 112 valence electrons. The van der Waals surface area contributed by atoms with Crippen LogP contribution in [-0.4, -0.2) is 23.9 Å². The molecule has 1 aliphatic rings. The second-order valence-electron chi connectivity index (χ2n) is 5.24. The first kappa shape index (κ1) is 15.1. The zero-order valence-electron chi connectivity index (χ0n) is 11.9. The normalized spacial score (nSPS) is 14.6. The zero-order chi connectivity index (χ0) is 15.5. The summed E-state index contributed by atoms with van der Waals surface area (Å²) in [5, 5.41) is 0.866. The lowest BCUT2D eigenvalue weighted by Crippen LogP contribution is -2.35. The molecule has 0 saturated carbocycles. The van der Waals surface area contributed by atoms with Crippen LogP contribution in [0.1, 0.15) is 22.3 Å². The Kier molecular flexibility index (Phi) is 4.51. The lowest BCUT2D eigenvalue weighted by Gasteiger charge is -2.28. The number of hydrogen-bond acceptors (Lipinski definition) is 1. The van der Waals surface area contributed by atoms with Gasteiger partial charge >= 0.3 is 0 Å². The van der Waals surface area contributed by atoms with Gasteiger partial charge in [-0.2, -0.15) is 0 Å². The van der Waals surface area contributed by atoms with Crippen LogP contribution in [0.3, 0.4) is 0 Å². The fraction of sp³-hybridized carbons (Fsp3) is 0.167. The lowest BCUT2D eigenvalue weighted by atomic mass is 10.0. The Bertz CT molecular complexity index is 725. The molecule has 22 heavy (non-hydrogen) atoms. The number of carbonyl (C=O) groups excluding carboxylic acids is 1. The van der Waals surface area contributed by atoms with Crippen molar-refractivity contribution in [1.82, 2.24) is 4.90 Å². The summed E-state index contributed by atoms with van der Waals surface area (Å²) in [6, 6.07) is 15.2. The summed E-state index contributed by atoms with van der Waals surface area (Å²) in [4.78, 5) is 14.5. The molecule has 4 heteroatoms. The van der Waals surface area contributed by atoms with Gasteiger partial charge in [0.25, 0.3) is 5.91 Å². The predicted octanol–water partition coefficient (Wildman–Crippen LogP) is 4.92. The Hall–Kier alpha value is -1.77. The highest BCUT2D eigenvalue weighted by atomic mass is 35.5. The number of halogens is 2. The Balaban J connectivity index is 1.80. The van der Waals surface area contributed by atoms with Crippen LogP contribution in [0.4, 0.5) is 0 Å². The van der Waals surface area contributed by atoms with Gasteiger partial charge in [0.05, 0.1) is 10.0 Å². The molecule has 0 aromatic heterocycles. The van der Waals surface area contributed by atoms with E-state index in [4.69, 9.17) is 23.2 Å². The summed E-state index contributed by atoms with van der Waals surface area (Å²) in [6.07, 6.45) is 3.06. The maximum absolute atomic E-state index is 12.6. The van der Waals surface area contributed by atoms with E-state index in [1.54, 1.807) is 18.2 Å². The molecule has 0 saturated heterocycles. The molecule has 0 bridgehead atoms. The van der Waals surface area contributed by atoms with Gasteiger partial charge in [-0.1, -0.05) is 59.6 Å². The lowest BCUT2D eigenvalue weighted by molar-refractivity contribution is 0.0775. The minimum absolute atomic E-state index is 0.0138. The highest BCUT2D eigenvalue weighted by Gasteiger charge is 2.20. The quantitative estimate of drug-likeness (QED) is 0.764. The van der Waals surface area contributed by atoms with Gasteiger partial charge in [0.15, 0.2) is 0 Å². The van der Waals surface area contributed by atoms with Gasteiger partial charge in [-0.05, 0) is 35.8 Å². The highest BCUT2D eigenvalue weighted by Crippen LogP contribution is 2.25. The molecule has 1 heterocycles. The van der Waals surface area contributed by atoms with Crippen molar-refractivity contribution in [2.24, 2.45) is 0 Å². The molecule has 0 radical (unpaired) electrons. The summed E-state index contributed by atoms with van der Waals surface area (Å²) < 4.78 is 0. The second kappa shape index (κ2) is 6.55. The van der Waals surface area contributed by atoms with Gasteiger partial charge in [-0.15, -0.1) is 0 Å². The van der Waals surface area contributed by atoms with Crippen LogP contribution in [-0.2, 0) is 0 Å². The molecule has 0 aliphatic carbocycles. The van der Waals surface area contributed by atoms with E-state index in [9.17, 15) is 4.79 Å². The fourth-order valence-electron chi connectivity index (χ4n) is 2.59. The van der Waals surface area contributed by atoms with Crippen molar-refractivity contribution in [1.29, 1.82) is 0 Å². The summed E-state index contributed by atoms with van der Waals surface area (Å²) in [6.45, 7) is 1.33. The smallest absolute Gasteiger partial charge is 0.254 e. The first-order chi connectivity index (χ1) is 10.6. The van der Waals surface area contributed by atoms with Crippen LogP contribution >= 0.6 is 23.2 Å². The first-order valence-electron chi connectivity index (χ1n) is 7.14. The van der Waals surface area contributed by atoms with Gasteiger partial charge < -0.3 is 4.90 Å². The van der Waals surface area contributed by atoms with E-state index in [1.165, 1.54) is 5.57 Å². The van der Waals surface area contributed by atoms with E-state index < -0.39 is 0 Å². The van der Waals surface area contributed by atoms with Crippen molar-refractivity contribution >= 4 is 34.7 Å². The third-order valence-corrected chi connectivity index (χ3v) is 4.49. The first-order valence-corrected chi connectivity index (χ1v) is 7.89. The van der Waals surface area contributed by atoms with Crippen molar-refractivity contribution in [3.8, 4) is 0 Å². The van der Waals surface area contributed by atoms with Crippen LogP contribution in [0, 0.1) is 0 Å². The van der Waals surface area contributed by atoms with Crippen LogP contribution in [0.25, 0.3) is 5.57 Å². The topological polar surface area (TPSA) is 20.3 Å². The summed E-state index contributed by atoms with van der Waals surface area (Å²) in [5.41, 5.74) is 2.91. The van der Waals surface area contributed by atoms with E-state index in [-0.39, 0.29) is 5.91 Å². The standard InChI is InChI=1S/C18H15Cl2NO/c19-16-9-8-14(11-17(16)20)18(22)21-10-4-7-15(12-21)13-5-2-1-3-6-13/h1-3,5-9,11H,4,10,12H2. The molecule has 0 unspecified atom stereocenters. The fourth-order valence-corrected chi connectivity index (χ4v) is 2.89. The van der Waals surface area contributed by atoms with Crippen molar-refractivity contribution in [2.75, 3.05) is 13.1 Å². The van der Waals surface area contributed by atoms with Crippen molar-refractivity contribution in [3.05, 3.63) is 75.8 Å². The average molecular weight is 332 g/mol. The van der Waals surface area contributed by atoms with Gasteiger partial charge in [0.1, 0.15) is 0 Å². The molecule has 1 amide bonds. The van der Waals surface area contributed by atoms with Crippen LogP contribution in [0.15, 0.2) is 54.6 Å². The predicted molar refractivity (Wildman–Crippen MR) is 91.4 cm³/mol. The molecular weight excluding hydrogens is 317 g/mol. The van der Waals surface area contributed by atoms with Crippen molar-refractivity contribution in [3.63, 3.8) is 0 Å². The summed E-state index contributed by atoms with van der Waals surface area (Å²) >= 11 is 11.9. The van der Waals surface area contributed by atoms with Crippen LogP contribution in [0.2, 0.25) is 10.0 Å². The maximum atomic E-state index is 12.6. The van der Waals surface area contributed by atoms with E-state index >= 15 is 0 Å². The molecule has 0 atom stereocenters. The Labute approximate surface area is 140 Å². The molecular formula is C18H15Cl2NO. The monoisotopic (exact) mass is 331 g/mol. The highest BCUT2D eigenvalue weighted by molar-refractivity contribution is 6.42. The maximum Gasteiger partial charge on any atom is 0.254 e. The third kappa shape index (κ3) is 3.18. The molecule has 3 rings (SSSR count). The molecule has 2 nitrogen and oxygen atoms in total. The van der Waals surface area contributed by atoms with Crippen molar-refractivity contribution < 1.29 is 4.79 Å². The Morgan fingerprint density at radius 1 is 1.00 bits per heavy atom. The van der Waals surface area contributed by atoms with Gasteiger partial charge in [-0.25, -0.2) is 0 Å². The van der Waals surface area contributed by atoms with Crippen molar-refractivity contribution in [2.45, 2.75) is 6.42 Å². The van der Waals surface area contributed by atoms with Gasteiger partial charge in [0, 0.05) is 18.7 Å². The van der Waals surface area contributed by atoms with E-state index in [2.05, 4.69) is 18.2 Å². The van der Waals surface area contributed by atoms with Gasteiger partial charge in [0.2, 0.25) is 0 Å². The van der Waals surface area contributed by atoms with E-state index in [0.717, 1.165) is 18.5 Å². The number of nitrogens with zero attached hydrogens (tertiary/aromatic N) is 1. The van der Waals surface area contributed by atoms with Crippen LogP contribution in [0.5, 0.6) is 0 Å². The number of hydrogen-bond donors (Lipinski definition) is 0. The number of rotatable bonds is 2. The molecule has 0 fully saturated rings.